The predicted molar refractivity (Wildman–Crippen MR) is 90.4 cm³/mol. The van der Waals surface area contributed by atoms with Crippen LogP contribution in [-0.4, -0.2) is 29.0 Å². The number of nitrogens with one attached hydrogen (secondary N) is 2. The smallest absolute Gasteiger partial charge is 0.279 e. The molecule has 0 bridgehead atoms. The predicted octanol–water partition coefficient (Wildman–Crippen LogP) is 2.45. The Balaban J connectivity index is 1.54. The molecule has 1 aromatic heterocycles. The van der Waals surface area contributed by atoms with E-state index in [1.54, 1.807) is 4.68 Å². The summed E-state index contributed by atoms with van der Waals surface area (Å²) in [4.78, 5) is 12.4. The summed E-state index contributed by atoms with van der Waals surface area (Å²) in [5.41, 5.74) is 1.60. The van der Waals surface area contributed by atoms with Crippen LogP contribution in [0.2, 0.25) is 0 Å². The summed E-state index contributed by atoms with van der Waals surface area (Å²) in [5, 5.41) is 7.24. The Morgan fingerprint density at radius 1 is 1.13 bits per heavy atom. The molecule has 1 atom stereocenters. The molecule has 0 spiro atoms. The normalized spacial score (nSPS) is 17.7. The summed E-state index contributed by atoms with van der Waals surface area (Å²) in [6.07, 6.45) is 2.39. The number of nitrogens with zero attached hydrogens (tertiary/aromatic N) is 1. The molecule has 3 aromatic rings. The summed E-state index contributed by atoms with van der Waals surface area (Å²) in [5.74, 6) is 0.826. The molecule has 5 heteroatoms. The molecule has 5 nitrogen and oxygen atoms in total. The number of H-pyrrole nitrogens is 1. The lowest BCUT2D eigenvalue weighted by Crippen LogP contribution is -2.28. The Hall–Kier alpha value is -2.53. The fraction of sp³-hybridized carbons (Fsp3) is 0.278. The molecule has 0 aliphatic carbocycles. The van der Waals surface area contributed by atoms with Crippen molar-refractivity contribution in [3.63, 3.8) is 0 Å². The van der Waals surface area contributed by atoms with Gasteiger partial charge >= 0.3 is 0 Å². The molecule has 1 saturated heterocycles. The van der Waals surface area contributed by atoms with Gasteiger partial charge in [-0.2, -0.15) is 0 Å². The van der Waals surface area contributed by atoms with Gasteiger partial charge in [0, 0.05) is 6.04 Å². The van der Waals surface area contributed by atoms with E-state index < -0.39 is 0 Å². The first kappa shape index (κ1) is 14.1. The van der Waals surface area contributed by atoms with Crippen molar-refractivity contribution in [2.24, 2.45) is 0 Å². The highest BCUT2D eigenvalue weighted by Crippen LogP contribution is 2.17. The first-order chi connectivity index (χ1) is 11.3. The van der Waals surface area contributed by atoms with Gasteiger partial charge in [-0.3, -0.25) is 9.89 Å². The molecule has 1 aliphatic heterocycles. The summed E-state index contributed by atoms with van der Waals surface area (Å²) in [7, 11) is 0. The molecule has 0 unspecified atom stereocenters. The van der Waals surface area contributed by atoms with Gasteiger partial charge in [0.2, 0.25) is 0 Å². The second kappa shape index (κ2) is 5.93. The molecule has 1 fully saturated rings. The van der Waals surface area contributed by atoms with Gasteiger partial charge in [0.05, 0.1) is 16.6 Å². The van der Waals surface area contributed by atoms with Crippen LogP contribution in [-0.2, 0) is 0 Å². The monoisotopic (exact) mass is 309 g/mol. The van der Waals surface area contributed by atoms with Crippen molar-refractivity contribution in [2.45, 2.75) is 18.9 Å². The van der Waals surface area contributed by atoms with Gasteiger partial charge in [0.25, 0.3) is 5.56 Å². The van der Waals surface area contributed by atoms with Crippen molar-refractivity contribution in [3.8, 4) is 11.4 Å². The van der Waals surface area contributed by atoms with Crippen LogP contribution in [0.1, 0.15) is 12.8 Å². The quantitative estimate of drug-likeness (QED) is 0.778. The lowest BCUT2D eigenvalue weighted by molar-refractivity contribution is 0.277. The molecule has 0 radical (unpaired) electrons. The minimum atomic E-state index is -0.0376. The maximum Gasteiger partial charge on any atom is 0.279 e. The van der Waals surface area contributed by atoms with E-state index in [-0.39, 0.29) is 5.56 Å². The van der Waals surface area contributed by atoms with Crippen LogP contribution in [0.4, 0.5) is 0 Å². The SMILES string of the molecule is O=c1c2ccccc2[nH]n1-c1ccc(OC[C@H]2CCCN2)cc1. The second-order valence-corrected chi connectivity index (χ2v) is 5.90. The van der Waals surface area contributed by atoms with Gasteiger partial charge in [0.15, 0.2) is 0 Å². The van der Waals surface area contributed by atoms with Gasteiger partial charge in [-0.25, -0.2) is 4.68 Å². The maximum atomic E-state index is 12.4. The topological polar surface area (TPSA) is 59.0 Å². The van der Waals surface area contributed by atoms with Crippen molar-refractivity contribution >= 4 is 10.9 Å². The molecule has 2 N–H and O–H groups in total. The molecular formula is C18H19N3O2. The number of benzene rings is 2. The number of aromatic nitrogens is 2. The van der Waals surface area contributed by atoms with Gasteiger partial charge in [0.1, 0.15) is 12.4 Å². The van der Waals surface area contributed by atoms with Crippen LogP contribution < -0.4 is 15.6 Å². The van der Waals surface area contributed by atoms with E-state index in [1.165, 1.54) is 12.8 Å². The average Bonchev–Trinajstić information content (AvgIpc) is 3.22. The summed E-state index contributed by atoms with van der Waals surface area (Å²) < 4.78 is 7.37. The van der Waals surface area contributed by atoms with E-state index in [0.29, 0.717) is 18.0 Å². The van der Waals surface area contributed by atoms with Crippen LogP contribution in [0, 0.1) is 0 Å². The van der Waals surface area contributed by atoms with Crippen molar-refractivity contribution in [2.75, 3.05) is 13.2 Å². The third-order valence-corrected chi connectivity index (χ3v) is 4.30. The number of fused-ring (bicyclic) bond motifs is 1. The number of hydrogen-bond donors (Lipinski definition) is 2. The van der Waals surface area contributed by atoms with E-state index in [1.807, 2.05) is 48.5 Å². The number of aromatic amines is 1. The van der Waals surface area contributed by atoms with Gasteiger partial charge < -0.3 is 10.1 Å². The summed E-state index contributed by atoms with van der Waals surface area (Å²) >= 11 is 0. The van der Waals surface area contributed by atoms with E-state index in [2.05, 4.69) is 10.4 Å². The number of rotatable bonds is 4. The Morgan fingerprint density at radius 3 is 2.70 bits per heavy atom. The minimum absolute atomic E-state index is 0.0376. The summed E-state index contributed by atoms with van der Waals surface area (Å²) in [6, 6.07) is 15.6. The van der Waals surface area contributed by atoms with E-state index in [4.69, 9.17) is 4.74 Å². The van der Waals surface area contributed by atoms with E-state index >= 15 is 0 Å². The molecular weight excluding hydrogens is 290 g/mol. The lowest BCUT2D eigenvalue weighted by Gasteiger charge is -2.12. The second-order valence-electron chi connectivity index (χ2n) is 5.90. The van der Waals surface area contributed by atoms with Crippen molar-refractivity contribution in [1.82, 2.24) is 15.1 Å². The van der Waals surface area contributed by atoms with Crippen molar-refractivity contribution in [3.05, 3.63) is 58.9 Å². The highest BCUT2D eigenvalue weighted by molar-refractivity contribution is 5.78. The Morgan fingerprint density at radius 2 is 1.96 bits per heavy atom. The van der Waals surface area contributed by atoms with Crippen LogP contribution in [0.15, 0.2) is 53.3 Å². The zero-order valence-electron chi connectivity index (χ0n) is 12.8. The maximum absolute atomic E-state index is 12.4. The first-order valence-electron chi connectivity index (χ1n) is 7.98. The Labute approximate surface area is 133 Å². The van der Waals surface area contributed by atoms with Crippen molar-refractivity contribution < 1.29 is 4.74 Å². The van der Waals surface area contributed by atoms with Crippen LogP contribution in [0.25, 0.3) is 16.6 Å². The van der Waals surface area contributed by atoms with Crippen molar-refractivity contribution in [1.29, 1.82) is 0 Å². The number of para-hydroxylation sites is 1. The molecule has 0 amide bonds. The molecule has 23 heavy (non-hydrogen) atoms. The lowest BCUT2D eigenvalue weighted by atomic mass is 10.2. The molecule has 2 heterocycles. The summed E-state index contributed by atoms with van der Waals surface area (Å²) in [6.45, 7) is 1.77. The molecule has 1 aliphatic rings. The fourth-order valence-corrected chi connectivity index (χ4v) is 3.03. The largest absolute Gasteiger partial charge is 0.492 e. The van der Waals surface area contributed by atoms with Crippen LogP contribution >= 0.6 is 0 Å². The van der Waals surface area contributed by atoms with Gasteiger partial charge in [-0.1, -0.05) is 12.1 Å². The third-order valence-electron chi connectivity index (χ3n) is 4.30. The average molecular weight is 309 g/mol. The first-order valence-corrected chi connectivity index (χ1v) is 7.98. The standard InChI is InChI=1S/C18H19N3O2/c22-18-16-5-1-2-6-17(16)20-21(18)14-7-9-15(10-8-14)23-12-13-4-3-11-19-13/h1-2,5-10,13,19-20H,3-4,11-12H2/t13-/m1/s1. The Bertz CT molecular complexity index is 858. The fourth-order valence-electron chi connectivity index (χ4n) is 3.03. The van der Waals surface area contributed by atoms with Crippen LogP contribution in [0.3, 0.4) is 0 Å². The zero-order valence-corrected chi connectivity index (χ0v) is 12.8. The Kier molecular flexibility index (Phi) is 3.63. The van der Waals surface area contributed by atoms with Gasteiger partial charge in [-0.15, -0.1) is 0 Å². The zero-order chi connectivity index (χ0) is 15.6. The minimum Gasteiger partial charge on any atom is -0.492 e. The molecule has 0 saturated carbocycles. The van der Waals surface area contributed by atoms with Crippen LogP contribution in [0.5, 0.6) is 5.75 Å². The van der Waals surface area contributed by atoms with Gasteiger partial charge in [-0.05, 0) is 55.8 Å². The number of ether oxygens (including phenoxy) is 1. The number of hydrogen-bond acceptors (Lipinski definition) is 3. The molecule has 4 rings (SSSR count). The van der Waals surface area contributed by atoms with E-state index in [9.17, 15) is 4.79 Å². The van der Waals surface area contributed by atoms with E-state index in [0.717, 1.165) is 23.5 Å². The highest BCUT2D eigenvalue weighted by Gasteiger charge is 2.14. The third kappa shape index (κ3) is 2.75. The molecule has 118 valence electrons. The highest BCUT2D eigenvalue weighted by atomic mass is 16.5. The molecule has 2 aromatic carbocycles.